The Morgan fingerprint density at radius 2 is 1.76 bits per heavy atom. The third-order valence-electron chi connectivity index (χ3n) is 5.40. The summed E-state index contributed by atoms with van der Waals surface area (Å²) in [6.45, 7) is 1.94. The Hall–Kier alpha value is -3.04. The molecule has 3 aromatic carbocycles. The first-order valence-corrected chi connectivity index (χ1v) is 11.9. The van der Waals surface area contributed by atoms with Crippen LogP contribution in [-0.4, -0.2) is 32.2 Å². The average molecular weight is 591 g/mol. The Morgan fingerprint density at radius 1 is 0.971 bits per heavy atom. The first-order chi connectivity index (χ1) is 16.3. The van der Waals surface area contributed by atoms with Gasteiger partial charge in [-0.1, -0.05) is 28.1 Å². The first kappa shape index (κ1) is 24.1. The van der Waals surface area contributed by atoms with Gasteiger partial charge in [0.05, 0.1) is 24.3 Å². The largest absolute Gasteiger partial charge is 0.497 e. The van der Waals surface area contributed by atoms with Gasteiger partial charge in [-0.3, -0.25) is 10.1 Å². The number of hydrogen-bond donors (Lipinski definition) is 1. The smallest absolute Gasteiger partial charge is 0.412 e. The van der Waals surface area contributed by atoms with Crippen molar-refractivity contribution in [3.63, 3.8) is 0 Å². The van der Waals surface area contributed by atoms with E-state index in [1.807, 2.05) is 13.0 Å². The first-order valence-electron chi connectivity index (χ1n) is 10.3. The molecule has 0 unspecified atom stereocenters. The minimum atomic E-state index is -1.23. The zero-order valence-corrected chi connectivity index (χ0v) is 21.7. The highest BCUT2D eigenvalue weighted by Gasteiger charge is 2.41. The molecule has 2 atom stereocenters. The monoisotopic (exact) mass is 589 g/mol. The predicted octanol–water partition coefficient (Wildman–Crippen LogP) is 6.47. The van der Waals surface area contributed by atoms with Crippen LogP contribution in [0.4, 0.5) is 10.5 Å². The molecular formula is C25H21Br2NO6. The van der Waals surface area contributed by atoms with Crippen LogP contribution in [0.1, 0.15) is 27.6 Å². The topological polar surface area (TPSA) is 83.1 Å². The van der Waals surface area contributed by atoms with Gasteiger partial charge in [0.1, 0.15) is 17.2 Å². The van der Waals surface area contributed by atoms with Gasteiger partial charge in [0.2, 0.25) is 11.9 Å². The van der Waals surface area contributed by atoms with Gasteiger partial charge >= 0.3 is 6.09 Å². The molecule has 34 heavy (non-hydrogen) atoms. The van der Waals surface area contributed by atoms with Crippen molar-refractivity contribution in [3.8, 4) is 17.2 Å². The van der Waals surface area contributed by atoms with Gasteiger partial charge < -0.3 is 18.9 Å². The maximum Gasteiger partial charge on any atom is 0.412 e. The fraction of sp³-hybridized carbons (Fsp3) is 0.200. The van der Waals surface area contributed by atoms with E-state index in [1.165, 1.54) is 7.11 Å². The van der Waals surface area contributed by atoms with Crippen LogP contribution < -0.4 is 19.5 Å². The molecule has 0 aromatic heterocycles. The van der Waals surface area contributed by atoms with Crippen LogP contribution in [-0.2, 0) is 4.74 Å². The fourth-order valence-electron chi connectivity index (χ4n) is 3.57. The highest BCUT2D eigenvalue weighted by Crippen LogP contribution is 2.40. The zero-order chi connectivity index (χ0) is 24.4. The van der Waals surface area contributed by atoms with Crippen molar-refractivity contribution in [1.29, 1.82) is 0 Å². The molecule has 1 N–H and O–H groups in total. The molecule has 0 saturated heterocycles. The van der Waals surface area contributed by atoms with Crippen LogP contribution in [0.5, 0.6) is 17.2 Å². The number of benzene rings is 3. The lowest BCUT2D eigenvalue weighted by Gasteiger charge is -2.32. The number of amides is 1. The number of halogens is 2. The van der Waals surface area contributed by atoms with Crippen LogP contribution in [0.3, 0.4) is 0 Å². The Kier molecular flexibility index (Phi) is 7.13. The van der Waals surface area contributed by atoms with Gasteiger partial charge in [-0.25, -0.2) is 4.79 Å². The average Bonchev–Trinajstić information content (AvgIpc) is 2.82. The molecule has 176 valence electrons. The highest BCUT2D eigenvalue weighted by molar-refractivity contribution is 9.10. The molecule has 4 rings (SSSR count). The number of fused-ring (bicyclic) bond motifs is 1. The van der Waals surface area contributed by atoms with Crippen molar-refractivity contribution in [2.45, 2.75) is 19.1 Å². The molecule has 1 aliphatic rings. The molecule has 7 nitrogen and oxygen atoms in total. The van der Waals surface area contributed by atoms with E-state index in [-0.39, 0.29) is 5.56 Å². The van der Waals surface area contributed by atoms with Crippen molar-refractivity contribution in [2.24, 2.45) is 0 Å². The van der Waals surface area contributed by atoms with E-state index in [0.29, 0.717) is 33.0 Å². The van der Waals surface area contributed by atoms with Crippen molar-refractivity contribution in [3.05, 3.63) is 80.2 Å². The molecule has 0 radical (unpaired) electrons. The highest BCUT2D eigenvalue weighted by atomic mass is 79.9. The summed E-state index contributed by atoms with van der Waals surface area (Å²) in [6.07, 6.45) is -2.87. The Morgan fingerprint density at radius 3 is 2.44 bits per heavy atom. The molecule has 1 amide bonds. The van der Waals surface area contributed by atoms with E-state index in [9.17, 15) is 9.59 Å². The number of rotatable bonds is 5. The van der Waals surface area contributed by atoms with Gasteiger partial charge in [0.25, 0.3) is 0 Å². The van der Waals surface area contributed by atoms with Gasteiger partial charge in [0.15, 0.2) is 6.10 Å². The Labute approximate surface area is 213 Å². The van der Waals surface area contributed by atoms with Gasteiger partial charge in [0, 0.05) is 10.2 Å². The fourth-order valence-corrected chi connectivity index (χ4v) is 4.51. The minimum absolute atomic E-state index is 0.277. The number of methoxy groups -OCH3 is 2. The van der Waals surface area contributed by atoms with Crippen LogP contribution in [0.15, 0.2) is 63.5 Å². The predicted molar refractivity (Wildman–Crippen MR) is 134 cm³/mol. The van der Waals surface area contributed by atoms with Gasteiger partial charge in [-0.05, 0) is 76.4 Å². The summed E-state index contributed by atoms with van der Waals surface area (Å²) in [5.41, 5.74) is 2.46. The van der Waals surface area contributed by atoms with Gasteiger partial charge in [-0.15, -0.1) is 0 Å². The maximum absolute atomic E-state index is 13.5. The normalized spacial score (nSPS) is 16.8. The Balaban J connectivity index is 1.67. The number of anilines is 1. The number of Topliss-reactive ketones (excluding diaryl/α,β-unsaturated/α-hetero) is 1. The molecular weight excluding hydrogens is 570 g/mol. The molecule has 0 spiro atoms. The molecule has 1 aliphatic heterocycles. The van der Waals surface area contributed by atoms with Crippen LogP contribution in [0.25, 0.3) is 0 Å². The third-order valence-corrected chi connectivity index (χ3v) is 6.87. The Bertz CT molecular complexity index is 1260. The van der Waals surface area contributed by atoms with Crippen molar-refractivity contribution in [2.75, 3.05) is 19.5 Å². The molecule has 3 aromatic rings. The SMILES string of the molecule is COc1ccc2c(c1)C(=O)[C@@H](OC(=O)Nc1ccc(C)c(Br)c1)[C@H](c1ccc(OC)c(Br)c1)O2. The lowest BCUT2D eigenvalue weighted by atomic mass is 9.93. The number of carbonyl (C=O) groups excluding carboxylic acids is 2. The summed E-state index contributed by atoms with van der Waals surface area (Å²) in [5, 5.41) is 2.67. The summed E-state index contributed by atoms with van der Waals surface area (Å²) < 4.78 is 23.9. The third kappa shape index (κ3) is 4.90. The second-order valence-corrected chi connectivity index (χ2v) is 9.28. The number of nitrogens with one attached hydrogen (secondary N) is 1. The summed E-state index contributed by atoms with van der Waals surface area (Å²) in [5.74, 6) is 1.10. The number of ketones is 1. The van der Waals surface area contributed by atoms with E-state index in [2.05, 4.69) is 37.2 Å². The van der Waals surface area contributed by atoms with Crippen molar-refractivity contribution in [1.82, 2.24) is 0 Å². The number of hydrogen-bond acceptors (Lipinski definition) is 6. The summed E-state index contributed by atoms with van der Waals surface area (Å²) in [6, 6.07) is 15.6. The summed E-state index contributed by atoms with van der Waals surface area (Å²) in [7, 11) is 3.07. The van der Waals surface area contributed by atoms with E-state index >= 15 is 0 Å². The quantitative estimate of drug-likeness (QED) is 0.367. The standard InChI is InChI=1S/C25H21Br2NO6/c1-13-4-6-15(11-18(13)26)28-25(30)34-24-22(29)17-12-16(31-2)7-9-20(17)33-23(24)14-5-8-21(32-3)19(27)10-14/h4-12,23-24H,1-3H3,(H,28,30)/t23-,24+/m0/s1. The maximum atomic E-state index is 13.5. The van der Waals surface area contributed by atoms with E-state index in [0.717, 1.165) is 10.0 Å². The van der Waals surface area contributed by atoms with Crippen molar-refractivity contribution < 1.29 is 28.5 Å². The van der Waals surface area contributed by atoms with E-state index in [4.69, 9.17) is 18.9 Å². The molecule has 0 bridgehead atoms. The minimum Gasteiger partial charge on any atom is -0.497 e. The summed E-state index contributed by atoms with van der Waals surface area (Å²) >= 11 is 6.90. The molecule has 0 saturated carbocycles. The second kappa shape index (κ2) is 10.1. The number of carbonyl (C=O) groups is 2. The lowest BCUT2D eigenvalue weighted by molar-refractivity contribution is 0.0132. The molecule has 0 aliphatic carbocycles. The lowest BCUT2D eigenvalue weighted by Crippen LogP contribution is -2.40. The van der Waals surface area contributed by atoms with Crippen molar-refractivity contribution >= 4 is 49.4 Å². The van der Waals surface area contributed by atoms with Gasteiger partial charge in [-0.2, -0.15) is 0 Å². The van der Waals surface area contributed by atoms with E-state index < -0.39 is 24.1 Å². The molecule has 9 heteroatoms. The molecule has 1 heterocycles. The molecule has 0 fully saturated rings. The zero-order valence-electron chi connectivity index (χ0n) is 18.6. The van der Waals surface area contributed by atoms with Crippen LogP contribution >= 0.6 is 31.9 Å². The van der Waals surface area contributed by atoms with E-state index in [1.54, 1.807) is 55.6 Å². The summed E-state index contributed by atoms with van der Waals surface area (Å²) in [4.78, 5) is 26.3. The van der Waals surface area contributed by atoms with Crippen LogP contribution in [0, 0.1) is 6.92 Å². The number of ether oxygens (including phenoxy) is 4. The second-order valence-electron chi connectivity index (χ2n) is 7.57. The number of aryl methyl sites for hydroxylation is 1. The van der Waals surface area contributed by atoms with Crippen LogP contribution in [0.2, 0.25) is 0 Å².